The standard InChI is InChI=1S/C17H19FO2/c1-2-15(19)17-13(11-3-5-12(18)6-4-11)7-10-8-14(17)16(20)9-10/h3-6,10,14,16,20H,2,7-9H2,1H3/t10?,14-,16?/m0/s1. The van der Waals surface area contributed by atoms with E-state index in [-0.39, 0.29) is 17.5 Å². The number of benzene rings is 1. The number of Topliss-reactive ketones (excluding diaryl/α,β-unsaturated/α-hetero) is 1. The van der Waals surface area contributed by atoms with Crippen LogP contribution in [0.5, 0.6) is 0 Å². The number of ketones is 1. The smallest absolute Gasteiger partial charge is 0.159 e. The van der Waals surface area contributed by atoms with Gasteiger partial charge in [0.1, 0.15) is 5.82 Å². The number of hydrogen-bond donors (Lipinski definition) is 1. The molecule has 2 nitrogen and oxygen atoms in total. The van der Waals surface area contributed by atoms with E-state index in [1.54, 1.807) is 12.1 Å². The summed E-state index contributed by atoms with van der Waals surface area (Å²) in [6.45, 7) is 1.85. The molecule has 0 aliphatic heterocycles. The molecule has 0 amide bonds. The Morgan fingerprint density at radius 2 is 2.00 bits per heavy atom. The Kier molecular flexibility index (Phi) is 3.47. The molecule has 20 heavy (non-hydrogen) atoms. The van der Waals surface area contributed by atoms with Crippen molar-refractivity contribution in [2.45, 2.75) is 38.7 Å². The van der Waals surface area contributed by atoms with Crippen molar-refractivity contribution in [1.82, 2.24) is 0 Å². The second-order valence-corrected chi connectivity index (χ2v) is 5.89. The number of carbonyl (C=O) groups excluding carboxylic acids is 1. The van der Waals surface area contributed by atoms with Gasteiger partial charge >= 0.3 is 0 Å². The van der Waals surface area contributed by atoms with Crippen LogP contribution in [0.3, 0.4) is 0 Å². The number of halogens is 1. The summed E-state index contributed by atoms with van der Waals surface area (Å²) in [6.07, 6.45) is 2.56. The van der Waals surface area contributed by atoms with E-state index in [4.69, 9.17) is 0 Å². The summed E-state index contributed by atoms with van der Waals surface area (Å²) < 4.78 is 13.1. The first-order valence-electron chi connectivity index (χ1n) is 7.30. The van der Waals surface area contributed by atoms with Crippen molar-refractivity contribution < 1.29 is 14.3 Å². The number of fused-ring (bicyclic) bond motifs is 2. The number of rotatable bonds is 3. The average molecular weight is 274 g/mol. The molecular formula is C17H19FO2. The van der Waals surface area contributed by atoms with Gasteiger partial charge in [-0.05, 0) is 48.4 Å². The maximum atomic E-state index is 13.1. The molecule has 1 aromatic carbocycles. The quantitative estimate of drug-likeness (QED) is 0.917. The van der Waals surface area contributed by atoms with Crippen LogP contribution >= 0.6 is 0 Å². The van der Waals surface area contributed by atoms with Crippen LogP contribution in [0.1, 0.15) is 38.2 Å². The molecule has 2 aliphatic carbocycles. The van der Waals surface area contributed by atoms with Gasteiger partial charge in [-0.1, -0.05) is 19.1 Å². The number of allylic oxidation sites excluding steroid dienone is 1. The highest BCUT2D eigenvalue weighted by atomic mass is 19.1. The second-order valence-electron chi connectivity index (χ2n) is 5.89. The van der Waals surface area contributed by atoms with Crippen molar-refractivity contribution in [3.8, 4) is 0 Å². The Morgan fingerprint density at radius 3 is 2.65 bits per heavy atom. The summed E-state index contributed by atoms with van der Waals surface area (Å²) >= 11 is 0. The highest BCUT2D eigenvalue weighted by Gasteiger charge is 2.42. The number of aliphatic hydroxyl groups excluding tert-OH is 1. The van der Waals surface area contributed by atoms with Gasteiger partial charge in [-0.3, -0.25) is 4.79 Å². The van der Waals surface area contributed by atoms with Gasteiger partial charge in [-0.2, -0.15) is 0 Å². The van der Waals surface area contributed by atoms with E-state index in [0.29, 0.717) is 12.3 Å². The minimum Gasteiger partial charge on any atom is -0.392 e. The molecule has 106 valence electrons. The third kappa shape index (κ3) is 2.20. The van der Waals surface area contributed by atoms with E-state index in [1.807, 2.05) is 6.92 Å². The van der Waals surface area contributed by atoms with Gasteiger partial charge in [0.25, 0.3) is 0 Å². The molecule has 0 heterocycles. The zero-order valence-electron chi connectivity index (χ0n) is 11.6. The molecule has 3 atom stereocenters. The van der Waals surface area contributed by atoms with Crippen LogP contribution in [0, 0.1) is 17.7 Å². The minimum atomic E-state index is -0.400. The van der Waals surface area contributed by atoms with Crippen LogP contribution in [0.25, 0.3) is 5.57 Å². The topological polar surface area (TPSA) is 37.3 Å². The van der Waals surface area contributed by atoms with Crippen LogP contribution in [0.2, 0.25) is 0 Å². The predicted molar refractivity (Wildman–Crippen MR) is 75.5 cm³/mol. The fourth-order valence-corrected chi connectivity index (χ4v) is 3.71. The van der Waals surface area contributed by atoms with Gasteiger partial charge in [0.05, 0.1) is 6.10 Å². The molecule has 0 aromatic heterocycles. The Bertz CT molecular complexity index is 559. The van der Waals surface area contributed by atoms with Crippen LogP contribution in [-0.2, 0) is 4.79 Å². The second kappa shape index (κ2) is 5.13. The van der Waals surface area contributed by atoms with E-state index in [1.165, 1.54) is 12.1 Å². The number of hydrogen-bond acceptors (Lipinski definition) is 2. The Labute approximate surface area is 118 Å². The molecule has 0 radical (unpaired) electrons. The van der Waals surface area contributed by atoms with Gasteiger partial charge in [0.15, 0.2) is 5.78 Å². The van der Waals surface area contributed by atoms with E-state index < -0.39 is 6.10 Å². The van der Waals surface area contributed by atoms with Gasteiger partial charge in [-0.25, -0.2) is 4.39 Å². The van der Waals surface area contributed by atoms with Crippen molar-refractivity contribution in [1.29, 1.82) is 0 Å². The molecule has 3 heteroatoms. The molecule has 2 bridgehead atoms. The van der Waals surface area contributed by atoms with E-state index in [0.717, 1.165) is 36.0 Å². The van der Waals surface area contributed by atoms with E-state index in [9.17, 15) is 14.3 Å². The highest BCUT2D eigenvalue weighted by Crippen LogP contribution is 2.48. The minimum absolute atomic E-state index is 0.0266. The Hall–Kier alpha value is -1.48. The molecule has 1 aromatic rings. The van der Waals surface area contributed by atoms with Crippen molar-refractivity contribution in [2.75, 3.05) is 0 Å². The molecule has 0 spiro atoms. The molecule has 1 fully saturated rings. The van der Waals surface area contributed by atoms with Crippen LogP contribution in [0.4, 0.5) is 4.39 Å². The summed E-state index contributed by atoms with van der Waals surface area (Å²) in [4.78, 5) is 12.3. The number of aliphatic hydroxyl groups is 1. The van der Waals surface area contributed by atoms with Crippen LogP contribution < -0.4 is 0 Å². The molecule has 2 aliphatic rings. The lowest BCUT2D eigenvalue weighted by Crippen LogP contribution is -2.23. The van der Waals surface area contributed by atoms with Crippen molar-refractivity contribution in [3.63, 3.8) is 0 Å². The van der Waals surface area contributed by atoms with Crippen LogP contribution in [-0.4, -0.2) is 17.0 Å². The zero-order valence-corrected chi connectivity index (χ0v) is 11.6. The first-order valence-corrected chi connectivity index (χ1v) is 7.30. The van der Waals surface area contributed by atoms with Crippen LogP contribution in [0.15, 0.2) is 29.8 Å². The van der Waals surface area contributed by atoms with Crippen molar-refractivity contribution in [2.24, 2.45) is 11.8 Å². The number of carbonyl (C=O) groups is 1. The largest absolute Gasteiger partial charge is 0.392 e. The lowest BCUT2D eigenvalue weighted by Gasteiger charge is -2.26. The third-order valence-electron chi connectivity index (χ3n) is 4.63. The summed E-state index contributed by atoms with van der Waals surface area (Å²) in [5.74, 6) is 0.273. The fourth-order valence-electron chi connectivity index (χ4n) is 3.71. The monoisotopic (exact) mass is 274 g/mol. The third-order valence-corrected chi connectivity index (χ3v) is 4.63. The Morgan fingerprint density at radius 1 is 1.30 bits per heavy atom. The summed E-state index contributed by atoms with van der Waals surface area (Å²) in [7, 11) is 0. The molecule has 2 unspecified atom stereocenters. The summed E-state index contributed by atoms with van der Waals surface area (Å²) in [5.41, 5.74) is 2.74. The molecule has 3 rings (SSSR count). The van der Waals surface area contributed by atoms with Gasteiger partial charge in [0, 0.05) is 17.9 Å². The van der Waals surface area contributed by atoms with Gasteiger partial charge in [-0.15, -0.1) is 0 Å². The lowest BCUT2D eigenvalue weighted by molar-refractivity contribution is -0.116. The van der Waals surface area contributed by atoms with E-state index >= 15 is 0 Å². The fraction of sp³-hybridized carbons (Fsp3) is 0.471. The highest BCUT2D eigenvalue weighted by molar-refractivity contribution is 6.03. The Balaban J connectivity index is 2.09. The molecule has 1 saturated carbocycles. The summed E-state index contributed by atoms with van der Waals surface area (Å²) in [5, 5.41) is 10.2. The molecule has 0 saturated heterocycles. The molecule has 1 N–H and O–H groups in total. The normalized spacial score (nSPS) is 28.9. The SMILES string of the molecule is CCC(=O)C1=C(c2ccc(F)cc2)CC2CC(O)[C@@H]1C2. The first-order chi connectivity index (χ1) is 9.60. The summed E-state index contributed by atoms with van der Waals surface area (Å²) in [6, 6.07) is 6.35. The average Bonchev–Trinajstić information content (AvgIpc) is 2.74. The zero-order chi connectivity index (χ0) is 14.3. The van der Waals surface area contributed by atoms with Gasteiger partial charge in [0.2, 0.25) is 0 Å². The lowest BCUT2D eigenvalue weighted by atomic mass is 9.77. The molecular weight excluding hydrogens is 255 g/mol. The van der Waals surface area contributed by atoms with Crippen molar-refractivity contribution >= 4 is 11.4 Å². The maximum absolute atomic E-state index is 13.1. The van der Waals surface area contributed by atoms with E-state index in [2.05, 4.69) is 0 Å². The first kappa shape index (κ1) is 13.5. The van der Waals surface area contributed by atoms with Crippen molar-refractivity contribution in [3.05, 3.63) is 41.2 Å². The van der Waals surface area contributed by atoms with Gasteiger partial charge < -0.3 is 5.11 Å². The maximum Gasteiger partial charge on any atom is 0.159 e. The predicted octanol–water partition coefficient (Wildman–Crippen LogP) is 3.35.